The molecule has 1 aliphatic rings. The van der Waals surface area contributed by atoms with Crippen LogP contribution >= 0.6 is 23.2 Å². The first-order valence-electron chi connectivity index (χ1n) is 8.11. The van der Waals surface area contributed by atoms with Crippen LogP contribution in [0.3, 0.4) is 0 Å². The van der Waals surface area contributed by atoms with Gasteiger partial charge in [-0.25, -0.2) is 0 Å². The summed E-state index contributed by atoms with van der Waals surface area (Å²) >= 11 is 12.3. The zero-order chi connectivity index (χ0) is 19.0. The van der Waals surface area contributed by atoms with Crippen molar-refractivity contribution in [1.29, 1.82) is 0 Å². The molecule has 2 N–H and O–H groups in total. The Hall–Kier alpha value is -2.90. The molecule has 1 amide bonds. The van der Waals surface area contributed by atoms with E-state index in [1.165, 1.54) is 0 Å². The summed E-state index contributed by atoms with van der Waals surface area (Å²) < 4.78 is 1.55. The maximum absolute atomic E-state index is 13.1. The quantitative estimate of drug-likeness (QED) is 0.695. The lowest BCUT2D eigenvalue weighted by molar-refractivity contribution is -0.113. The van der Waals surface area contributed by atoms with Crippen molar-refractivity contribution in [1.82, 2.24) is 20.2 Å². The predicted octanol–water partition coefficient (Wildman–Crippen LogP) is 3.91. The largest absolute Gasteiger partial charge is 0.326 e. The number of rotatable bonds is 3. The molecular formula is C18H14Cl2N6O. The van der Waals surface area contributed by atoms with E-state index in [4.69, 9.17) is 23.2 Å². The smallest absolute Gasteiger partial charge is 0.255 e. The Balaban J connectivity index is 1.77. The summed E-state index contributed by atoms with van der Waals surface area (Å²) in [6.07, 6.45) is 0. The molecule has 0 radical (unpaired) electrons. The highest BCUT2D eigenvalue weighted by Gasteiger charge is 2.35. The van der Waals surface area contributed by atoms with E-state index in [1.807, 2.05) is 18.2 Å². The maximum atomic E-state index is 13.1. The number of allylic oxidation sites excluding steroid dienone is 1. The number of fused-ring (bicyclic) bond motifs is 1. The molecule has 1 atom stereocenters. The lowest BCUT2D eigenvalue weighted by atomic mass is 9.95. The van der Waals surface area contributed by atoms with E-state index in [0.717, 1.165) is 5.56 Å². The minimum atomic E-state index is -0.558. The van der Waals surface area contributed by atoms with Crippen LogP contribution in [0.4, 0.5) is 11.6 Å². The van der Waals surface area contributed by atoms with Crippen LogP contribution in [0.25, 0.3) is 0 Å². The molecule has 136 valence electrons. The van der Waals surface area contributed by atoms with E-state index < -0.39 is 6.04 Å². The number of hydrogen-bond acceptors (Lipinski definition) is 5. The third kappa shape index (κ3) is 3.27. The first kappa shape index (κ1) is 17.5. The van der Waals surface area contributed by atoms with E-state index in [-0.39, 0.29) is 5.91 Å². The van der Waals surface area contributed by atoms with Crippen molar-refractivity contribution >= 4 is 40.7 Å². The summed E-state index contributed by atoms with van der Waals surface area (Å²) in [6.45, 7) is 1.80. The molecule has 1 aromatic heterocycles. The Kier molecular flexibility index (Phi) is 4.55. The number of aromatic nitrogens is 4. The molecule has 2 aromatic carbocycles. The van der Waals surface area contributed by atoms with Crippen molar-refractivity contribution in [2.24, 2.45) is 0 Å². The van der Waals surface area contributed by atoms with Crippen molar-refractivity contribution in [3.05, 3.63) is 75.4 Å². The van der Waals surface area contributed by atoms with E-state index in [9.17, 15) is 4.79 Å². The third-order valence-electron chi connectivity index (χ3n) is 4.26. The van der Waals surface area contributed by atoms with Crippen LogP contribution in [-0.2, 0) is 4.79 Å². The average molecular weight is 401 g/mol. The monoisotopic (exact) mass is 400 g/mol. The highest BCUT2D eigenvalue weighted by molar-refractivity contribution is 6.31. The topological polar surface area (TPSA) is 84.7 Å². The fraction of sp³-hybridized carbons (Fsp3) is 0.111. The van der Waals surface area contributed by atoms with E-state index in [0.29, 0.717) is 33.0 Å². The van der Waals surface area contributed by atoms with E-state index in [2.05, 4.69) is 26.2 Å². The van der Waals surface area contributed by atoms with E-state index in [1.54, 1.807) is 41.9 Å². The molecule has 0 bridgehead atoms. The zero-order valence-electron chi connectivity index (χ0n) is 14.1. The van der Waals surface area contributed by atoms with Gasteiger partial charge in [0, 0.05) is 27.0 Å². The molecule has 0 aliphatic carbocycles. The van der Waals surface area contributed by atoms with Gasteiger partial charge in [-0.1, -0.05) is 46.5 Å². The number of carbonyl (C=O) groups excluding carboxylic acids is 1. The number of benzene rings is 2. The van der Waals surface area contributed by atoms with Crippen LogP contribution in [-0.4, -0.2) is 26.1 Å². The first-order chi connectivity index (χ1) is 13.0. The fourth-order valence-corrected chi connectivity index (χ4v) is 3.39. The number of hydrogen-bond donors (Lipinski definition) is 2. The van der Waals surface area contributed by atoms with Gasteiger partial charge in [0.15, 0.2) is 0 Å². The fourth-order valence-electron chi connectivity index (χ4n) is 3.02. The highest BCUT2D eigenvalue weighted by Crippen LogP contribution is 2.37. The molecule has 2 heterocycles. The van der Waals surface area contributed by atoms with Gasteiger partial charge in [0.2, 0.25) is 5.95 Å². The highest BCUT2D eigenvalue weighted by atomic mass is 35.5. The molecule has 0 spiro atoms. The molecular weight excluding hydrogens is 387 g/mol. The van der Waals surface area contributed by atoms with Gasteiger partial charge in [0.05, 0.1) is 5.57 Å². The summed E-state index contributed by atoms with van der Waals surface area (Å²) in [6, 6.07) is 13.6. The van der Waals surface area contributed by atoms with Gasteiger partial charge >= 0.3 is 0 Å². The number of nitrogens with zero attached hydrogens (tertiary/aromatic N) is 4. The van der Waals surface area contributed by atoms with Gasteiger partial charge in [-0.2, -0.15) is 4.68 Å². The molecule has 1 aliphatic heterocycles. The van der Waals surface area contributed by atoms with Crippen LogP contribution < -0.4 is 10.6 Å². The van der Waals surface area contributed by atoms with Crippen LogP contribution in [0.15, 0.2) is 59.8 Å². The number of nitrogens with one attached hydrogen (secondary N) is 2. The SMILES string of the molecule is CC1=C(C(=O)Nc2ccc(Cl)cc2)[C@@H](c2ccccc2Cl)n2nnnc2N1. The molecule has 7 nitrogen and oxygen atoms in total. The van der Waals surface area contributed by atoms with Gasteiger partial charge in [-0.3, -0.25) is 4.79 Å². The summed E-state index contributed by atoms with van der Waals surface area (Å²) in [5, 5.41) is 18.8. The Bertz CT molecular complexity index is 1040. The van der Waals surface area contributed by atoms with Crippen molar-refractivity contribution in [3.63, 3.8) is 0 Å². The summed E-state index contributed by atoms with van der Waals surface area (Å²) in [5.41, 5.74) is 2.48. The molecule has 0 saturated heterocycles. The van der Waals surface area contributed by atoms with E-state index >= 15 is 0 Å². The summed E-state index contributed by atoms with van der Waals surface area (Å²) in [5.74, 6) is 0.161. The van der Waals surface area contributed by atoms with Crippen LogP contribution in [0, 0.1) is 0 Å². The Morgan fingerprint density at radius 1 is 1.15 bits per heavy atom. The summed E-state index contributed by atoms with van der Waals surface area (Å²) in [4.78, 5) is 13.1. The zero-order valence-corrected chi connectivity index (χ0v) is 15.7. The molecule has 3 aromatic rings. The van der Waals surface area contributed by atoms with Gasteiger partial charge < -0.3 is 10.6 Å². The maximum Gasteiger partial charge on any atom is 0.255 e. The first-order valence-corrected chi connectivity index (χ1v) is 8.87. The van der Waals surface area contributed by atoms with Gasteiger partial charge in [-0.15, -0.1) is 0 Å². The molecule has 4 rings (SSSR count). The minimum Gasteiger partial charge on any atom is -0.326 e. The summed E-state index contributed by atoms with van der Waals surface area (Å²) in [7, 11) is 0. The number of halogens is 2. The van der Waals surface area contributed by atoms with Crippen molar-refractivity contribution in [2.75, 3.05) is 10.6 Å². The second kappa shape index (κ2) is 7.02. The molecule has 9 heteroatoms. The number of amides is 1. The van der Waals surface area contributed by atoms with Gasteiger partial charge in [0.25, 0.3) is 5.91 Å². The van der Waals surface area contributed by atoms with Crippen molar-refractivity contribution < 1.29 is 4.79 Å². The van der Waals surface area contributed by atoms with Crippen molar-refractivity contribution in [2.45, 2.75) is 13.0 Å². The third-order valence-corrected chi connectivity index (χ3v) is 4.86. The van der Waals surface area contributed by atoms with Crippen LogP contribution in [0.1, 0.15) is 18.5 Å². The predicted molar refractivity (Wildman–Crippen MR) is 104 cm³/mol. The number of anilines is 2. The number of tetrazole rings is 1. The average Bonchev–Trinajstić information content (AvgIpc) is 3.11. The Morgan fingerprint density at radius 3 is 2.63 bits per heavy atom. The van der Waals surface area contributed by atoms with Crippen molar-refractivity contribution in [3.8, 4) is 0 Å². The molecule has 0 fully saturated rings. The van der Waals surface area contributed by atoms with Crippen LogP contribution in [0.5, 0.6) is 0 Å². The molecule has 27 heavy (non-hydrogen) atoms. The molecule has 0 unspecified atom stereocenters. The molecule has 0 saturated carbocycles. The second-order valence-electron chi connectivity index (χ2n) is 6.00. The Morgan fingerprint density at radius 2 is 1.89 bits per heavy atom. The second-order valence-corrected chi connectivity index (χ2v) is 6.84. The lowest BCUT2D eigenvalue weighted by Gasteiger charge is -2.28. The van der Waals surface area contributed by atoms with Crippen LogP contribution in [0.2, 0.25) is 10.0 Å². The minimum absolute atomic E-state index is 0.284. The standard InChI is InChI=1S/C18H14Cl2N6O/c1-10-15(17(27)22-12-8-6-11(19)7-9-12)16(13-4-2-3-5-14(13)20)26-18(21-10)23-24-25-26/h2-9,16H,1H3,(H,22,27)(H,21,23,25)/t16-/m1/s1. The Labute approximate surface area is 165 Å². The number of carbonyl (C=O) groups is 1. The lowest BCUT2D eigenvalue weighted by Crippen LogP contribution is -2.31. The normalized spacial score (nSPS) is 15.9. The van der Waals surface area contributed by atoms with Gasteiger partial charge in [0.1, 0.15) is 6.04 Å². The van der Waals surface area contributed by atoms with Gasteiger partial charge in [-0.05, 0) is 47.7 Å².